The summed E-state index contributed by atoms with van der Waals surface area (Å²) < 4.78 is 2.52. The van der Waals surface area contributed by atoms with E-state index >= 15 is 0 Å². The van der Waals surface area contributed by atoms with Crippen molar-refractivity contribution in [3.05, 3.63) is 387 Å². The minimum Gasteiger partial charge on any atom is -0.342 e. The second-order valence-electron chi connectivity index (χ2n) is 31.8. The summed E-state index contributed by atoms with van der Waals surface area (Å²) in [6, 6.07) is 140. The van der Waals surface area contributed by atoms with Gasteiger partial charge in [0.2, 0.25) is 0 Å². The number of rotatable bonds is 15. The van der Waals surface area contributed by atoms with Crippen LogP contribution in [0.5, 0.6) is 0 Å². The van der Waals surface area contributed by atoms with E-state index in [1.165, 1.54) is 199 Å². The zero-order chi connectivity index (χ0) is 73.8. The van der Waals surface area contributed by atoms with E-state index in [9.17, 15) is 0 Å². The Balaban J connectivity index is 0.822. The molecule has 0 saturated heterocycles. The van der Waals surface area contributed by atoms with E-state index in [4.69, 9.17) is 0 Å². The van der Waals surface area contributed by atoms with Gasteiger partial charge in [0, 0.05) is 52.3 Å². The molecule has 0 N–H and O–H groups in total. The summed E-state index contributed by atoms with van der Waals surface area (Å²) in [6.07, 6.45) is 2.40. The third-order valence-electron chi connectivity index (χ3n) is 23.9. The topological polar surface area (TPSA) is 11.4 Å². The van der Waals surface area contributed by atoms with Crippen molar-refractivity contribution in [1.29, 1.82) is 0 Å². The highest BCUT2D eigenvalue weighted by Crippen LogP contribution is 2.49. The lowest BCUT2D eigenvalue weighted by Gasteiger charge is -2.45. The molecule has 18 aromatic carbocycles. The van der Waals surface area contributed by atoms with Gasteiger partial charge in [0.25, 0.3) is 6.71 Å². The molecule has 526 valence electrons. The Morgan fingerprint density at radius 1 is 0.270 bits per heavy atom. The molecule has 2 aliphatic rings. The van der Waals surface area contributed by atoms with Crippen LogP contribution < -0.4 is 26.2 Å². The van der Waals surface area contributed by atoms with Crippen LogP contribution in [0.1, 0.15) is 37.5 Å². The summed E-state index contributed by atoms with van der Waals surface area (Å²) in [5.41, 5.74) is 33.6. The number of hydrogen-bond donors (Lipinski definition) is 0. The normalized spacial score (nSPS) is 12.6. The Hall–Kier alpha value is -13.3. The molecule has 0 amide bonds. The average Bonchev–Trinajstić information content (AvgIpc) is 0.816. The standard InChI is InChI=1S/C107H80BN3/c1-107(2,3)69-70-61-102-106-103(62-70)110(60-58-84-94(75-37-18-8-19-38-75)65-80(72-31-12-5-13-32-72)66-95(84)76-39-20-9-21-40-76)101-68-81(111-98-49-24-22-43-85(98)86-44-23-25-50-99(86)111)52-56-97(101)108(106)96-55-51-78(82-53-54-91-89-46-27-42-77-41-26-45-88(104(77)89)90-48-28-47-87(82)105(90)91)67-100(96)109(102)59-57-83-92(73-33-14-6-15-34-73)63-79(71-29-10-4-11-30-71)64-93(83)74-35-16-7-17-36-74/h4-56,61-68H,57-60,69H2,1-3H3. The van der Waals surface area contributed by atoms with Crippen LogP contribution in [0.25, 0.3) is 148 Å². The van der Waals surface area contributed by atoms with Crippen LogP contribution in [0.3, 0.4) is 0 Å². The monoisotopic (exact) mass is 1420 g/mol. The highest BCUT2D eigenvalue weighted by Gasteiger charge is 2.44. The maximum atomic E-state index is 2.79. The van der Waals surface area contributed by atoms with Crippen molar-refractivity contribution in [2.75, 3.05) is 22.9 Å². The number of benzene rings is 18. The van der Waals surface area contributed by atoms with E-state index in [2.05, 4.69) is 405 Å². The first-order valence-corrected chi connectivity index (χ1v) is 39.4. The average molecular weight is 1420 g/mol. The van der Waals surface area contributed by atoms with Crippen LogP contribution in [-0.2, 0) is 19.3 Å². The zero-order valence-corrected chi connectivity index (χ0v) is 62.7. The van der Waals surface area contributed by atoms with Gasteiger partial charge in [-0.2, -0.15) is 0 Å². The lowest BCUT2D eigenvalue weighted by molar-refractivity contribution is 0.411. The molecule has 2 aliphatic heterocycles. The summed E-state index contributed by atoms with van der Waals surface area (Å²) >= 11 is 0. The minimum atomic E-state index is -0.124. The van der Waals surface area contributed by atoms with Crippen LogP contribution in [0, 0.1) is 5.41 Å². The predicted molar refractivity (Wildman–Crippen MR) is 475 cm³/mol. The molecule has 3 nitrogen and oxygen atoms in total. The van der Waals surface area contributed by atoms with Crippen molar-refractivity contribution in [1.82, 2.24) is 4.57 Å². The Morgan fingerprint density at radius 3 is 1.13 bits per heavy atom. The van der Waals surface area contributed by atoms with Crippen LogP contribution >= 0.6 is 0 Å². The molecular weight excluding hydrogens is 1340 g/mol. The second-order valence-corrected chi connectivity index (χ2v) is 31.8. The van der Waals surface area contributed by atoms with Gasteiger partial charge in [-0.05, 0) is 245 Å². The van der Waals surface area contributed by atoms with E-state index < -0.39 is 0 Å². The summed E-state index contributed by atoms with van der Waals surface area (Å²) in [5, 5.41) is 12.9. The fourth-order valence-corrected chi connectivity index (χ4v) is 19.2. The molecule has 19 aromatic rings. The first kappa shape index (κ1) is 66.0. The molecule has 0 radical (unpaired) electrons. The summed E-state index contributed by atoms with van der Waals surface area (Å²) in [6.45, 7) is 8.52. The Kier molecular flexibility index (Phi) is 16.0. The molecule has 4 heteroatoms. The number of anilines is 4. The summed E-state index contributed by atoms with van der Waals surface area (Å²) in [4.78, 5) is 5.56. The predicted octanol–water partition coefficient (Wildman–Crippen LogP) is 26.0. The molecule has 0 atom stereocenters. The minimum absolute atomic E-state index is 0.0436. The highest BCUT2D eigenvalue weighted by atomic mass is 15.2. The molecule has 0 saturated carbocycles. The Labute approximate surface area is 649 Å². The molecular formula is C107H80BN3. The molecule has 0 unspecified atom stereocenters. The van der Waals surface area contributed by atoms with Crippen molar-refractivity contribution in [3.63, 3.8) is 0 Å². The quantitative estimate of drug-likeness (QED) is 0.0576. The van der Waals surface area contributed by atoms with Crippen molar-refractivity contribution in [2.45, 2.75) is 40.0 Å². The maximum absolute atomic E-state index is 2.79. The van der Waals surface area contributed by atoms with Gasteiger partial charge in [0.15, 0.2) is 0 Å². The van der Waals surface area contributed by atoms with Gasteiger partial charge in [-0.1, -0.05) is 324 Å². The molecule has 0 bridgehead atoms. The van der Waals surface area contributed by atoms with Crippen LogP contribution in [0.4, 0.5) is 22.7 Å². The summed E-state index contributed by atoms with van der Waals surface area (Å²) in [7, 11) is 0. The number of nitrogens with zero attached hydrogens (tertiary/aromatic N) is 3. The molecule has 0 spiro atoms. The zero-order valence-electron chi connectivity index (χ0n) is 62.7. The van der Waals surface area contributed by atoms with Gasteiger partial charge in [-0.3, -0.25) is 0 Å². The van der Waals surface area contributed by atoms with E-state index in [0.717, 1.165) is 24.9 Å². The van der Waals surface area contributed by atoms with Gasteiger partial charge in [-0.25, -0.2) is 0 Å². The lowest BCUT2D eigenvalue weighted by Crippen LogP contribution is -2.62. The van der Waals surface area contributed by atoms with Gasteiger partial charge in [-0.15, -0.1) is 0 Å². The van der Waals surface area contributed by atoms with Crippen LogP contribution in [0.2, 0.25) is 0 Å². The Morgan fingerprint density at radius 2 is 0.658 bits per heavy atom. The highest BCUT2D eigenvalue weighted by molar-refractivity contribution is 7.00. The molecule has 0 aliphatic carbocycles. The third kappa shape index (κ3) is 11.3. The lowest BCUT2D eigenvalue weighted by atomic mass is 9.33. The number of aromatic nitrogens is 1. The van der Waals surface area contributed by atoms with E-state index in [1.807, 2.05) is 0 Å². The van der Waals surface area contributed by atoms with Crippen molar-refractivity contribution >= 4 is 111 Å². The SMILES string of the molecule is CC(C)(C)Cc1cc2c3c(c1)N(CCc1c(-c4ccccc4)cc(-c4ccccc4)cc1-c1ccccc1)c1cc(-n4c5ccccc5c5ccccc54)ccc1B3c1ccc(-c3ccc4c5cccc6cccc(c7cccc3c74)c65)cc1N2CCc1c(-c2ccccc2)cc(-c2ccccc2)cc1-c1ccccc1. The molecule has 1 aromatic heterocycles. The van der Waals surface area contributed by atoms with Crippen molar-refractivity contribution < 1.29 is 0 Å². The molecule has 111 heavy (non-hydrogen) atoms. The fraction of sp³-hybridized carbons (Fsp3) is 0.0841. The molecule has 0 fully saturated rings. The fourth-order valence-electron chi connectivity index (χ4n) is 19.2. The third-order valence-corrected chi connectivity index (χ3v) is 23.9. The molecule has 21 rings (SSSR count). The molecule has 3 heterocycles. The number of para-hydroxylation sites is 2. The van der Waals surface area contributed by atoms with E-state index in [-0.39, 0.29) is 12.1 Å². The van der Waals surface area contributed by atoms with Gasteiger partial charge >= 0.3 is 0 Å². The summed E-state index contributed by atoms with van der Waals surface area (Å²) in [5.74, 6) is 0. The first-order valence-electron chi connectivity index (χ1n) is 39.4. The Bertz CT molecular complexity index is 6600. The van der Waals surface area contributed by atoms with Gasteiger partial charge < -0.3 is 14.4 Å². The van der Waals surface area contributed by atoms with Crippen LogP contribution in [0.15, 0.2) is 370 Å². The smallest absolute Gasteiger partial charge is 0.252 e. The largest absolute Gasteiger partial charge is 0.342 e. The van der Waals surface area contributed by atoms with Crippen molar-refractivity contribution in [2.24, 2.45) is 5.41 Å². The van der Waals surface area contributed by atoms with Gasteiger partial charge in [0.1, 0.15) is 0 Å². The number of fused-ring (bicyclic) bond motifs is 9. The van der Waals surface area contributed by atoms with E-state index in [0.29, 0.717) is 13.1 Å². The van der Waals surface area contributed by atoms with Crippen molar-refractivity contribution in [3.8, 4) is 83.6 Å². The van der Waals surface area contributed by atoms with E-state index in [1.54, 1.807) is 0 Å². The number of hydrogen-bond acceptors (Lipinski definition) is 2. The van der Waals surface area contributed by atoms with Gasteiger partial charge in [0.05, 0.1) is 11.0 Å². The maximum Gasteiger partial charge on any atom is 0.252 e. The van der Waals surface area contributed by atoms with Crippen LogP contribution in [-0.4, -0.2) is 24.4 Å². The second kappa shape index (κ2) is 26.8. The first-order chi connectivity index (χ1) is 54.7.